The smallest absolute Gasteiger partial charge is 0.151 e. The van der Waals surface area contributed by atoms with Crippen molar-refractivity contribution in [1.29, 1.82) is 0 Å². The van der Waals surface area contributed by atoms with E-state index in [0.717, 1.165) is 0 Å². The summed E-state index contributed by atoms with van der Waals surface area (Å²) in [6.07, 6.45) is -6.17. The van der Waals surface area contributed by atoms with Crippen molar-refractivity contribution in [2.24, 2.45) is 5.73 Å². The minimum atomic E-state index is -1.65. The average Bonchev–Trinajstić information content (AvgIpc) is 2.00. The van der Waals surface area contributed by atoms with Gasteiger partial charge in [0, 0.05) is 6.42 Å². The van der Waals surface area contributed by atoms with Crippen LogP contribution >= 0.6 is 0 Å². The molecule has 0 radical (unpaired) electrons. The molecule has 0 aliphatic rings. The first-order valence-electron chi connectivity index (χ1n) is 3.42. The van der Waals surface area contributed by atoms with Gasteiger partial charge in [-0.3, -0.25) is 0 Å². The predicted octanol–water partition coefficient (Wildman–Crippen LogP) is -3.06. The third-order valence-electron chi connectivity index (χ3n) is 1.37. The second-order valence-corrected chi connectivity index (χ2v) is 2.49. The number of rotatable bonds is 5. The third kappa shape index (κ3) is 3.74. The van der Waals surface area contributed by atoms with Crippen LogP contribution in [0.5, 0.6) is 0 Å². The molecule has 0 aromatic rings. The summed E-state index contributed by atoms with van der Waals surface area (Å²) in [5.74, 6) is 0. The van der Waals surface area contributed by atoms with Crippen molar-refractivity contribution in [3.8, 4) is 0 Å². The Morgan fingerprint density at radius 2 is 1.75 bits per heavy atom. The van der Waals surface area contributed by atoms with Gasteiger partial charge in [0.25, 0.3) is 0 Å². The first kappa shape index (κ1) is 11.5. The fourth-order valence-electron chi connectivity index (χ4n) is 0.695. The highest BCUT2D eigenvalue weighted by molar-refractivity contribution is 5.56. The van der Waals surface area contributed by atoms with Gasteiger partial charge >= 0.3 is 0 Å². The first-order chi connectivity index (χ1) is 5.49. The highest BCUT2D eigenvalue weighted by Gasteiger charge is 2.25. The summed E-state index contributed by atoms with van der Waals surface area (Å²) >= 11 is 0. The fourth-order valence-corrected chi connectivity index (χ4v) is 0.695. The molecule has 0 aromatic carbocycles. The molecule has 72 valence electrons. The number of aliphatic hydroxyl groups excluding tert-OH is 4. The van der Waals surface area contributed by atoms with E-state index in [-0.39, 0.29) is 12.7 Å². The molecule has 0 saturated carbocycles. The molecule has 0 bridgehead atoms. The zero-order chi connectivity index (χ0) is 9.72. The second-order valence-electron chi connectivity index (χ2n) is 2.49. The number of hydrogen-bond donors (Lipinski definition) is 5. The summed E-state index contributed by atoms with van der Waals surface area (Å²) in [6.45, 7) is 0. The summed E-state index contributed by atoms with van der Waals surface area (Å²) in [5, 5.41) is 35.2. The Hall–Kier alpha value is -0.530. The lowest BCUT2D eigenvalue weighted by Gasteiger charge is -2.20. The quantitative estimate of drug-likeness (QED) is 0.225. The Balaban J connectivity index is 3.91. The van der Waals surface area contributed by atoms with Crippen molar-refractivity contribution in [3.63, 3.8) is 0 Å². The van der Waals surface area contributed by atoms with Crippen LogP contribution in [0.2, 0.25) is 0 Å². The van der Waals surface area contributed by atoms with Crippen molar-refractivity contribution in [2.75, 3.05) is 0 Å². The van der Waals surface area contributed by atoms with E-state index in [1.54, 1.807) is 0 Å². The normalized spacial score (nSPS) is 21.1. The maximum atomic E-state index is 9.92. The van der Waals surface area contributed by atoms with Crippen LogP contribution in [-0.4, -0.2) is 51.3 Å². The van der Waals surface area contributed by atoms with Gasteiger partial charge in [-0.15, -0.1) is 0 Å². The molecule has 0 spiro atoms. The Labute approximate surface area is 69.2 Å². The van der Waals surface area contributed by atoms with Gasteiger partial charge in [0.2, 0.25) is 0 Å². The van der Waals surface area contributed by atoms with E-state index in [0.29, 0.717) is 0 Å². The predicted molar refractivity (Wildman–Crippen MR) is 38.9 cm³/mol. The zero-order valence-corrected chi connectivity index (χ0v) is 6.37. The summed E-state index contributed by atoms with van der Waals surface area (Å²) in [5.41, 5.74) is 4.89. The highest BCUT2D eigenvalue weighted by atomic mass is 16.4. The molecule has 0 rings (SSSR count). The molecule has 0 aliphatic carbocycles. The lowest BCUT2D eigenvalue weighted by atomic mass is 10.1. The van der Waals surface area contributed by atoms with E-state index in [2.05, 4.69) is 0 Å². The van der Waals surface area contributed by atoms with E-state index in [9.17, 15) is 4.79 Å². The first-order valence-corrected chi connectivity index (χ1v) is 3.42. The lowest BCUT2D eigenvalue weighted by Crippen LogP contribution is -2.41. The molecule has 12 heavy (non-hydrogen) atoms. The SMILES string of the molecule is NC(O)C[C@@H](O)[C@H](O)[C@@H](O)C=O. The van der Waals surface area contributed by atoms with Gasteiger partial charge in [-0.05, 0) is 0 Å². The topological polar surface area (TPSA) is 124 Å². The summed E-state index contributed by atoms with van der Waals surface area (Å²) in [7, 11) is 0. The Morgan fingerprint density at radius 3 is 2.08 bits per heavy atom. The van der Waals surface area contributed by atoms with Crippen LogP contribution in [0.1, 0.15) is 6.42 Å². The zero-order valence-electron chi connectivity index (χ0n) is 6.37. The number of carbonyl (C=O) groups excluding carboxylic acids is 1. The molecule has 0 aliphatic heterocycles. The van der Waals surface area contributed by atoms with Crippen LogP contribution in [0.25, 0.3) is 0 Å². The van der Waals surface area contributed by atoms with Crippen LogP contribution in [0.3, 0.4) is 0 Å². The summed E-state index contributed by atoms with van der Waals surface area (Å²) in [6, 6.07) is 0. The number of aliphatic hydroxyl groups is 4. The lowest BCUT2D eigenvalue weighted by molar-refractivity contribution is -0.127. The van der Waals surface area contributed by atoms with Crippen LogP contribution in [-0.2, 0) is 4.79 Å². The highest BCUT2D eigenvalue weighted by Crippen LogP contribution is 2.03. The van der Waals surface area contributed by atoms with Crippen molar-refractivity contribution in [3.05, 3.63) is 0 Å². The van der Waals surface area contributed by atoms with Crippen molar-refractivity contribution >= 4 is 6.29 Å². The summed E-state index contributed by atoms with van der Waals surface area (Å²) in [4.78, 5) is 9.92. The van der Waals surface area contributed by atoms with E-state index in [1.807, 2.05) is 0 Å². The molecule has 0 aromatic heterocycles. The molecule has 0 heterocycles. The van der Waals surface area contributed by atoms with Crippen molar-refractivity contribution in [1.82, 2.24) is 0 Å². The Bertz CT molecular complexity index is 140. The third-order valence-corrected chi connectivity index (χ3v) is 1.37. The number of nitrogens with two attached hydrogens (primary N) is 1. The van der Waals surface area contributed by atoms with E-state index in [4.69, 9.17) is 26.2 Å². The standard InChI is InChI=1S/C6H13NO5/c7-5(11)1-3(9)6(12)4(10)2-8/h2-6,9-12H,1,7H2/t3-,4+,5?,6+/m1/s1. The maximum absolute atomic E-state index is 9.92. The molecule has 1 unspecified atom stereocenters. The minimum Gasteiger partial charge on any atom is -0.390 e. The molecule has 0 fully saturated rings. The number of aldehydes is 1. The Kier molecular flexibility index (Phi) is 4.95. The number of carbonyl (C=O) groups is 1. The maximum Gasteiger partial charge on any atom is 0.151 e. The van der Waals surface area contributed by atoms with Crippen LogP contribution < -0.4 is 5.73 Å². The van der Waals surface area contributed by atoms with Crippen LogP contribution in [0, 0.1) is 0 Å². The molecule has 6 heteroatoms. The van der Waals surface area contributed by atoms with Crippen LogP contribution in [0.4, 0.5) is 0 Å². The van der Waals surface area contributed by atoms with Gasteiger partial charge in [-0.1, -0.05) is 0 Å². The van der Waals surface area contributed by atoms with Crippen molar-refractivity contribution < 1.29 is 25.2 Å². The Morgan fingerprint density at radius 1 is 1.25 bits per heavy atom. The molecule has 0 saturated heterocycles. The van der Waals surface area contributed by atoms with E-state index in [1.165, 1.54) is 0 Å². The van der Waals surface area contributed by atoms with Gasteiger partial charge in [0.15, 0.2) is 6.29 Å². The van der Waals surface area contributed by atoms with Gasteiger partial charge in [0.1, 0.15) is 18.4 Å². The molecule has 0 amide bonds. The number of hydrogen-bond acceptors (Lipinski definition) is 6. The molecular formula is C6H13NO5. The molecule has 6 nitrogen and oxygen atoms in total. The van der Waals surface area contributed by atoms with E-state index >= 15 is 0 Å². The van der Waals surface area contributed by atoms with Gasteiger partial charge in [0.05, 0.1) is 6.10 Å². The van der Waals surface area contributed by atoms with Gasteiger partial charge in [-0.2, -0.15) is 0 Å². The van der Waals surface area contributed by atoms with Gasteiger partial charge in [-0.25, -0.2) is 0 Å². The monoisotopic (exact) mass is 179 g/mol. The van der Waals surface area contributed by atoms with Gasteiger partial charge < -0.3 is 31.0 Å². The fraction of sp³-hybridized carbons (Fsp3) is 0.833. The molecule has 6 N–H and O–H groups in total. The second kappa shape index (κ2) is 5.18. The molecule has 4 atom stereocenters. The van der Waals surface area contributed by atoms with E-state index < -0.39 is 24.5 Å². The largest absolute Gasteiger partial charge is 0.390 e. The van der Waals surface area contributed by atoms with Crippen LogP contribution in [0.15, 0.2) is 0 Å². The average molecular weight is 179 g/mol. The molecular weight excluding hydrogens is 166 g/mol. The van der Waals surface area contributed by atoms with Crippen molar-refractivity contribution in [2.45, 2.75) is 31.0 Å². The summed E-state index contributed by atoms with van der Waals surface area (Å²) < 4.78 is 0. The minimum absolute atomic E-state index is 0.0940.